The molecule has 2 aromatic rings. The number of hydrogen-bond donors (Lipinski definition) is 3. The molecular weight excluding hydrogens is 392 g/mol. The number of halogens is 1. The van der Waals surface area contributed by atoms with E-state index in [0.717, 1.165) is 42.9 Å². The lowest BCUT2D eigenvalue weighted by Gasteiger charge is -2.23. The van der Waals surface area contributed by atoms with Crippen LogP contribution in [0.2, 0.25) is 0 Å². The smallest absolute Gasteiger partial charge is 0.274 e. The summed E-state index contributed by atoms with van der Waals surface area (Å²) in [6.45, 7) is 7.89. The Kier molecular flexibility index (Phi) is 8.16. The largest absolute Gasteiger partial charge is 0.347 e. The van der Waals surface area contributed by atoms with E-state index in [9.17, 15) is 9.59 Å². The van der Waals surface area contributed by atoms with Crippen LogP contribution in [0.1, 0.15) is 54.5 Å². The molecule has 0 saturated carbocycles. The molecule has 1 aromatic heterocycles. The number of aromatic nitrogens is 3. The van der Waals surface area contributed by atoms with Gasteiger partial charge in [0, 0.05) is 18.2 Å². The first-order valence-electron chi connectivity index (χ1n) is 9.76. The maximum atomic E-state index is 12.5. The molecule has 1 aliphatic heterocycles. The summed E-state index contributed by atoms with van der Waals surface area (Å²) < 4.78 is 1.88. The summed E-state index contributed by atoms with van der Waals surface area (Å²) in [4.78, 5) is 24.3. The van der Waals surface area contributed by atoms with E-state index in [0.29, 0.717) is 18.3 Å². The van der Waals surface area contributed by atoms with Crippen LogP contribution >= 0.6 is 12.4 Å². The van der Waals surface area contributed by atoms with Gasteiger partial charge in [-0.3, -0.25) is 9.59 Å². The maximum absolute atomic E-state index is 12.5. The number of piperidine rings is 1. The number of amides is 2. The number of nitrogens with one attached hydrogen (secondary N) is 3. The molecule has 1 saturated heterocycles. The van der Waals surface area contributed by atoms with E-state index in [4.69, 9.17) is 0 Å². The van der Waals surface area contributed by atoms with Crippen LogP contribution in [-0.2, 0) is 11.3 Å². The molecule has 1 aromatic carbocycles. The fourth-order valence-corrected chi connectivity index (χ4v) is 3.21. The summed E-state index contributed by atoms with van der Waals surface area (Å²) in [5.41, 5.74) is 2.87. The Morgan fingerprint density at radius 2 is 1.86 bits per heavy atom. The average molecular weight is 421 g/mol. The number of benzene rings is 1. The molecule has 0 atom stereocenters. The van der Waals surface area contributed by atoms with Crippen molar-refractivity contribution < 1.29 is 9.59 Å². The highest BCUT2D eigenvalue weighted by molar-refractivity contribution is 5.93. The predicted molar refractivity (Wildman–Crippen MR) is 114 cm³/mol. The molecule has 1 aliphatic rings. The van der Waals surface area contributed by atoms with Crippen molar-refractivity contribution in [3.63, 3.8) is 0 Å². The number of rotatable bonds is 6. The van der Waals surface area contributed by atoms with Gasteiger partial charge in [-0.2, -0.15) is 0 Å². The van der Waals surface area contributed by atoms with E-state index < -0.39 is 0 Å². The molecule has 29 heavy (non-hydrogen) atoms. The normalized spacial score (nSPS) is 14.3. The Morgan fingerprint density at radius 3 is 2.48 bits per heavy atom. The first-order valence-corrected chi connectivity index (χ1v) is 9.76. The number of hydrogen-bond acceptors (Lipinski definition) is 5. The van der Waals surface area contributed by atoms with E-state index in [2.05, 4.69) is 26.3 Å². The molecule has 0 radical (unpaired) electrons. The van der Waals surface area contributed by atoms with Crippen LogP contribution < -0.4 is 16.0 Å². The summed E-state index contributed by atoms with van der Waals surface area (Å²) in [5.74, 6) is -0.316. The highest BCUT2D eigenvalue weighted by Crippen LogP contribution is 2.20. The molecule has 0 unspecified atom stereocenters. The monoisotopic (exact) mass is 420 g/mol. The molecule has 1 fully saturated rings. The maximum Gasteiger partial charge on any atom is 0.274 e. The van der Waals surface area contributed by atoms with Gasteiger partial charge >= 0.3 is 0 Å². The van der Waals surface area contributed by atoms with Crippen LogP contribution in [0, 0.1) is 12.8 Å². The van der Waals surface area contributed by atoms with Crippen molar-refractivity contribution in [3.8, 4) is 0 Å². The summed E-state index contributed by atoms with van der Waals surface area (Å²) in [6.07, 6.45) is 1.98. The highest BCUT2D eigenvalue weighted by atomic mass is 35.5. The van der Waals surface area contributed by atoms with Crippen LogP contribution in [0.3, 0.4) is 0 Å². The van der Waals surface area contributed by atoms with Crippen molar-refractivity contribution in [2.75, 3.05) is 18.4 Å². The minimum absolute atomic E-state index is 0. The lowest BCUT2D eigenvalue weighted by Crippen LogP contribution is -2.30. The fraction of sp³-hybridized carbons (Fsp3) is 0.500. The van der Waals surface area contributed by atoms with E-state index in [-0.39, 0.29) is 30.1 Å². The molecule has 3 N–H and O–H groups in total. The lowest BCUT2D eigenvalue weighted by molar-refractivity contribution is -0.118. The molecule has 0 bridgehead atoms. The first kappa shape index (κ1) is 22.8. The number of carbonyl (C=O) groups excluding carboxylic acids is 2. The van der Waals surface area contributed by atoms with Gasteiger partial charge < -0.3 is 16.0 Å². The average Bonchev–Trinajstić information content (AvgIpc) is 3.09. The molecule has 2 heterocycles. The third-order valence-corrected chi connectivity index (χ3v) is 5.00. The van der Waals surface area contributed by atoms with Gasteiger partial charge in [-0.05, 0) is 50.6 Å². The Bertz CT molecular complexity index is 828. The molecule has 9 heteroatoms. The third kappa shape index (κ3) is 5.77. The van der Waals surface area contributed by atoms with Crippen LogP contribution in [0.5, 0.6) is 0 Å². The summed E-state index contributed by atoms with van der Waals surface area (Å²) in [5, 5.41) is 17.4. The standard InChI is InChI=1S/C20H28N6O2.ClH/c1-13(2)19(27)23-16-6-4-15(5-7-16)12-22-20(28)18-14(3)26(25-24-18)17-8-10-21-11-9-17;/h4-7,13,17,21H,8-12H2,1-3H3,(H,22,28)(H,23,27);1H. The van der Waals surface area contributed by atoms with Crippen LogP contribution in [-0.4, -0.2) is 39.9 Å². The van der Waals surface area contributed by atoms with Gasteiger partial charge in [0.15, 0.2) is 5.69 Å². The van der Waals surface area contributed by atoms with Crippen molar-refractivity contribution in [1.29, 1.82) is 0 Å². The van der Waals surface area contributed by atoms with Gasteiger partial charge in [0.25, 0.3) is 5.91 Å². The molecule has 3 rings (SSSR count). The second kappa shape index (κ2) is 10.4. The van der Waals surface area contributed by atoms with Gasteiger partial charge in [0.2, 0.25) is 5.91 Å². The van der Waals surface area contributed by atoms with Gasteiger partial charge in [-0.15, -0.1) is 17.5 Å². The second-order valence-electron chi connectivity index (χ2n) is 7.47. The van der Waals surface area contributed by atoms with Crippen LogP contribution in [0.15, 0.2) is 24.3 Å². The van der Waals surface area contributed by atoms with Gasteiger partial charge in [0.05, 0.1) is 11.7 Å². The molecule has 0 spiro atoms. The zero-order valence-electron chi connectivity index (χ0n) is 17.1. The van der Waals surface area contributed by atoms with E-state index in [1.54, 1.807) is 0 Å². The summed E-state index contributed by atoms with van der Waals surface area (Å²) in [7, 11) is 0. The van der Waals surface area contributed by atoms with Crippen molar-refractivity contribution >= 4 is 29.9 Å². The van der Waals surface area contributed by atoms with E-state index >= 15 is 0 Å². The Labute approximate surface area is 177 Å². The Morgan fingerprint density at radius 1 is 1.21 bits per heavy atom. The lowest BCUT2D eigenvalue weighted by atomic mass is 10.1. The highest BCUT2D eigenvalue weighted by Gasteiger charge is 2.22. The molecule has 8 nitrogen and oxygen atoms in total. The van der Waals surface area contributed by atoms with E-state index in [1.807, 2.05) is 49.7 Å². The zero-order chi connectivity index (χ0) is 20.1. The number of anilines is 1. The topological polar surface area (TPSA) is 101 Å². The number of carbonyl (C=O) groups is 2. The van der Waals surface area contributed by atoms with Crippen molar-refractivity contribution in [1.82, 2.24) is 25.6 Å². The fourth-order valence-electron chi connectivity index (χ4n) is 3.21. The van der Waals surface area contributed by atoms with Crippen molar-refractivity contribution in [2.45, 2.75) is 46.2 Å². The van der Waals surface area contributed by atoms with Gasteiger partial charge in [-0.1, -0.05) is 31.2 Å². The minimum Gasteiger partial charge on any atom is -0.347 e. The number of nitrogens with zero attached hydrogens (tertiary/aromatic N) is 3. The first-order chi connectivity index (χ1) is 13.5. The Hall–Kier alpha value is -2.45. The predicted octanol–water partition coefficient (Wildman–Crippen LogP) is 2.46. The van der Waals surface area contributed by atoms with E-state index in [1.165, 1.54) is 0 Å². The minimum atomic E-state index is -0.227. The third-order valence-electron chi connectivity index (χ3n) is 5.00. The van der Waals surface area contributed by atoms with Crippen molar-refractivity contribution in [2.24, 2.45) is 5.92 Å². The molecular formula is C20H29ClN6O2. The van der Waals surface area contributed by atoms with Gasteiger partial charge in [0.1, 0.15) is 0 Å². The Balaban J connectivity index is 0.00000300. The van der Waals surface area contributed by atoms with Crippen LogP contribution in [0.4, 0.5) is 5.69 Å². The molecule has 2 amide bonds. The second-order valence-corrected chi connectivity index (χ2v) is 7.47. The summed E-state index contributed by atoms with van der Waals surface area (Å²) >= 11 is 0. The quantitative estimate of drug-likeness (QED) is 0.666. The zero-order valence-corrected chi connectivity index (χ0v) is 17.9. The van der Waals surface area contributed by atoms with Crippen LogP contribution in [0.25, 0.3) is 0 Å². The molecule has 158 valence electrons. The molecule has 0 aliphatic carbocycles. The SMILES string of the molecule is Cc1c(C(=O)NCc2ccc(NC(=O)C(C)C)cc2)nnn1C1CCNCC1.Cl. The van der Waals surface area contributed by atoms with Crippen molar-refractivity contribution in [3.05, 3.63) is 41.2 Å². The van der Waals surface area contributed by atoms with Gasteiger partial charge in [-0.25, -0.2) is 4.68 Å². The summed E-state index contributed by atoms with van der Waals surface area (Å²) in [6, 6.07) is 7.73.